The minimum absolute atomic E-state index is 0.0441. The van der Waals surface area contributed by atoms with Crippen LogP contribution in [0.3, 0.4) is 0 Å². The minimum atomic E-state index is -3.96. The molecule has 0 radical (unpaired) electrons. The number of amides is 1. The number of carbonyl (C=O) groups is 1. The summed E-state index contributed by atoms with van der Waals surface area (Å²) in [5, 5.41) is 0. The summed E-state index contributed by atoms with van der Waals surface area (Å²) >= 11 is 3.25. The average molecular weight is 401 g/mol. The number of benzene rings is 1. The zero-order chi connectivity index (χ0) is 17.2. The summed E-state index contributed by atoms with van der Waals surface area (Å²) in [4.78, 5) is 12.2. The molecule has 1 N–H and O–H groups in total. The van der Waals surface area contributed by atoms with Gasteiger partial charge in [-0.3, -0.25) is 4.79 Å². The Morgan fingerprint density at radius 3 is 2.57 bits per heavy atom. The van der Waals surface area contributed by atoms with Crippen molar-refractivity contribution >= 4 is 31.9 Å². The second-order valence-corrected chi connectivity index (χ2v) is 7.52. The van der Waals surface area contributed by atoms with Crippen molar-refractivity contribution in [3.8, 4) is 5.75 Å². The summed E-state index contributed by atoms with van der Waals surface area (Å²) in [6, 6.07) is 6.17. The van der Waals surface area contributed by atoms with Crippen molar-refractivity contribution in [2.24, 2.45) is 7.05 Å². The van der Waals surface area contributed by atoms with Gasteiger partial charge in [-0.25, -0.2) is 13.1 Å². The lowest BCUT2D eigenvalue weighted by Crippen LogP contribution is -2.32. The van der Waals surface area contributed by atoms with Crippen LogP contribution in [0.4, 0.5) is 0 Å². The highest BCUT2D eigenvalue weighted by Gasteiger charge is 2.22. The third-order valence-electron chi connectivity index (χ3n) is 3.18. The fourth-order valence-electron chi connectivity index (χ4n) is 2.16. The predicted molar refractivity (Wildman–Crippen MR) is 90.1 cm³/mol. The van der Waals surface area contributed by atoms with E-state index in [0.717, 1.165) is 0 Å². The maximum absolute atomic E-state index is 12.4. The Bertz CT molecular complexity index is 843. The van der Waals surface area contributed by atoms with Gasteiger partial charge >= 0.3 is 0 Å². The number of rotatable bonds is 5. The third-order valence-corrected chi connectivity index (χ3v) is 5.10. The Morgan fingerprint density at radius 1 is 1.35 bits per heavy atom. The molecule has 1 amide bonds. The van der Waals surface area contributed by atoms with Gasteiger partial charge in [0.1, 0.15) is 11.4 Å². The van der Waals surface area contributed by atoms with Crippen LogP contribution in [0, 0.1) is 6.92 Å². The van der Waals surface area contributed by atoms with Gasteiger partial charge in [0.25, 0.3) is 15.9 Å². The van der Waals surface area contributed by atoms with Gasteiger partial charge < -0.3 is 9.30 Å². The molecule has 0 fully saturated rings. The van der Waals surface area contributed by atoms with E-state index >= 15 is 0 Å². The molecule has 0 atom stereocenters. The van der Waals surface area contributed by atoms with Crippen molar-refractivity contribution in [3.63, 3.8) is 0 Å². The van der Waals surface area contributed by atoms with Crippen LogP contribution in [0.5, 0.6) is 5.75 Å². The number of aryl methyl sites for hydroxylation is 2. The molecule has 2 aromatic rings. The quantitative estimate of drug-likeness (QED) is 0.836. The molecule has 23 heavy (non-hydrogen) atoms. The van der Waals surface area contributed by atoms with Gasteiger partial charge in [-0.15, -0.1) is 0 Å². The zero-order valence-corrected chi connectivity index (χ0v) is 15.4. The second-order valence-electron chi connectivity index (χ2n) is 4.95. The lowest BCUT2D eigenvalue weighted by Gasteiger charge is -2.11. The molecule has 2 rings (SSSR count). The fourth-order valence-corrected chi connectivity index (χ4v) is 3.87. The van der Waals surface area contributed by atoms with Crippen LogP contribution in [-0.2, 0) is 17.1 Å². The molecule has 0 aliphatic rings. The van der Waals surface area contributed by atoms with E-state index in [1.165, 1.54) is 6.07 Å². The Kier molecular flexibility index (Phi) is 5.16. The van der Waals surface area contributed by atoms with Crippen molar-refractivity contribution in [2.75, 3.05) is 6.61 Å². The maximum Gasteiger partial charge on any atom is 0.281 e. The Hall–Kier alpha value is -1.80. The SMILES string of the molecule is CCOc1ccc(S(=O)(=O)NC(=O)c2cc(Br)cn2C)c(C)c1. The van der Waals surface area contributed by atoms with E-state index in [0.29, 0.717) is 22.4 Å². The standard InChI is InChI=1S/C15H17BrN2O4S/c1-4-22-12-5-6-14(10(2)7-12)23(20,21)17-15(19)13-8-11(16)9-18(13)3/h5-9H,4H2,1-3H3,(H,17,19). The van der Waals surface area contributed by atoms with E-state index in [9.17, 15) is 13.2 Å². The summed E-state index contributed by atoms with van der Waals surface area (Å²) in [6.07, 6.45) is 1.67. The van der Waals surface area contributed by atoms with E-state index in [4.69, 9.17) is 4.74 Å². The highest BCUT2D eigenvalue weighted by molar-refractivity contribution is 9.10. The molecule has 0 unspecified atom stereocenters. The van der Waals surface area contributed by atoms with Gasteiger partial charge in [-0.2, -0.15) is 0 Å². The number of aromatic nitrogens is 1. The first-order chi connectivity index (χ1) is 10.7. The molecule has 0 aliphatic carbocycles. The van der Waals surface area contributed by atoms with Crippen molar-refractivity contribution in [2.45, 2.75) is 18.7 Å². The summed E-state index contributed by atoms with van der Waals surface area (Å²) in [7, 11) is -2.30. The van der Waals surface area contributed by atoms with Crippen LogP contribution < -0.4 is 9.46 Å². The number of hydrogen-bond acceptors (Lipinski definition) is 4. The first-order valence-electron chi connectivity index (χ1n) is 6.87. The van der Waals surface area contributed by atoms with Gasteiger partial charge in [0, 0.05) is 17.7 Å². The first-order valence-corrected chi connectivity index (χ1v) is 9.14. The van der Waals surface area contributed by atoms with Crippen molar-refractivity contribution in [3.05, 3.63) is 46.2 Å². The van der Waals surface area contributed by atoms with Gasteiger partial charge in [-0.1, -0.05) is 0 Å². The van der Waals surface area contributed by atoms with Crippen molar-refractivity contribution in [1.82, 2.24) is 9.29 Å². The maximum atomic E-state index is 12.4. The third kappa shape index (κ3) is 3.94. The Morgan fingerprint density at radius 2 is 2.04 bits per heavy atom. The topological polar surface area (TPSA) is 77.4 Å². The van der Waals surface area contributed by atoms with Gasteiger partial charge in [0.15, 0.2) is 0 Å². The molecule has 8 heteroatoms. The lowest BCUT2D eigenvalue weighted by molar-refractivity contribution is 0.0973. The first kappa shape index (κ1) is 17.6. The van der Waals surface area contributed by atoms with Crippen LogP contribution in [-0.4, -0.2) is 25.5 Å². The molecule has 0 bridgehead atoms. The fraction of sp³-hybridized carbons (Fsp3) is 0.267. The number of nitrogens with zero attached hydrogens (tertiary/aromatic N) is 1. The van der Waals surface area contributed by atoms with Crippen molar-refractivity contribution in [1.29, 1.82) is 0 Å². The van der Waals surface area contributed by atoms with Crippen LogP contribution in [0.25, 0.3) is 0 Å². The summed E-state index contributed by atoms with van der Waals surface area (Å²) in [6.45, 7) is 3.99. The normalized spacial score (nSPS) is 11.3. The second kappa shape index (κ2) is 6.76. The van der Waals surface area contributed by atoms with E-state index in [2.05, 4.69) is 20.7 Å². The number of carbonyl (C=O) groups excluding carboxylic acids is 1. The van der Waals surface area contributed by atoms with Crippen LogP contribution in [0.2, 0.25) is 0 Å². The molecule has 0 aliphatic heterocycles. The molecular weight excluding hydrogens is 384 g/mol. The molecule has 0 saturated carbocycles. The largest absolute Gasteiger partial charge is 0.494 e. The monoisotopic (exact) mass is 400 g/mol. The summed E-state index contributed by atoms with van der Waals surface area (Å²) < 4.78 is 34.5. The molecule has 124 valence electrons. The molecule has 1 aromatic carbocycles. The van der Waals surface area contributed by atoms with E-state index in [1.54, 1.807) is 42.9 Å². The molecule has 0 spiro atoms. The zero-order valence-electron chi connectivity index (χ0n) is 13.0. The molecular formula is C15H17BrN2O4S. The molecule has 0 saturated heterocycles. The van der Waals surface area contributed by atoms with Gasteiger partial charge in [0.2, 0.25) is 0 Å². The van der Waals surface area contributed by atoms with E-state index < -0.39 is 15.9 Å². The van der Waals surface area contributed by atoms with Crippen LogP contribution in [0.15, 0.2) is 39.8 Å². The molecule has 6 nitrogen and oxygen atoms in total. The minimum Gasteiger partial charge on any atom is -0.494 e. The van der Waals surface area contributed by atoms with Gasteiger partial charge in [-0.05, 0) is 59.6 Å². The summed E-state index contributed by atoms with van der Waals surface area (Å²) in [5.74, 6) is -0.104. The number of halogens is 1. The average Bonchev–Trinajstić information content (AvgIpc) is 2.77. The van der Waals surface area contributed by atoms with Gasteiger partial charge in [0.05, 0.1) is 11.5 Å². The van der Waals surface area contributed by atoms with E-state index in [-0.39, 0.29) is 10.6 Å². The van der Waals surface area contributed by atoms with E-state index in [1.807, 2.05) is 6.92 Å². The summed E-state index contributed by atoms with van der Waals surface area (Å²) in [5.41, 5.74) is 0.744. The predicted octanol–water partition coefficient (Wildman–Crippen LogP) is 2.61. The van der Waals surface area contributed by atoms with Crippen molar-refractivity contribution < 1.29 is 17.9 Å². The Balaban J connectivity index is 2.28. The smallest absolute Gasteiger partial charge is 0.281 e. The van der Waals surface area contributed by atoms with Crippen LogP contribution >= 0.6 is 15.9 Å². The molecule has 1 heterocycles. The number of nitrogens with one attached hydrogen (secondary N) is 1. The van der Waals surface area contributed by atoms with Crippen LogP contribution in [0.1, 0.15) is 23.0 Å². The number of sulfonamides is 1. The number of ether oxygens (including phenoxy) is 1. The highest BCUT2D eigenvalue weighted by Crippen LogP contribution is 2.22. The molecule has 1 aromatic heterocycles. The highest BCUT2D eigenvalue weighted by atomic mass is 79.9. The number of hydrogen-bond donors (Lipinski definition) is 1. The lowest BCUT2D eigenvalue weighted by atomic mass is 10.2. The Labute approximate surface area is 143 Å².